The Morgan fingerprint density at radius 2 is 2.00 bits per heavy atom. The van der Waals surface area contributed by atoms with Crippen molar-refractivity contribution < 1.29 is 4.74 Å². The lowest BCUT2D eigenvalue weighted by molar-refractivity contribution is 0.244. The van der Waals surface area contributed by atoms with Gasteiger partial charge in [-0.15, -0.1) is 0 Å². The molecule has 26 heavy (non-hydrogen) atoms. The Hall–Kier alpha value is -2.66. The van der Waals surface area contributed by atoms with Gasteiger partial charge in [0.15, 0.2) is 0 Å². The van der Waals surface area contributed by atoms with Crippen LogP contribution in [0.3, 0.4) is 0 Å². The first-order valence-electron chi connectivity index (χ1n) is 9.09. The second-order valence-corrected chi connectivity index (χ2v) is 6.74. The third-order valence-electron chi connectivity index (χ3n) is 5.08. The van der Waals surface area contributed by atoms with Crippen LogP contribution in [0.5, 0.6) is 5.75 Å². The highest BCUT2D eigenvalue weighted by Crippen LogP contribution is 2.32. The van der Waals surface area contributed by atoms with Gasteiger partial charge in [0, 0.05) is 18.9 Å². The van der Waals surface area contributed by atoms with Crippen molar-refractivity contribution in [2.24, 2.45) is 0 Å². The van der Waals surface area contributed by atoms with Gasteiger partial charge in [-0.3, -0.25) is 9.47 Å². The van der Waals surface area contributed by atoms with Crippen LogP contribution >= 0.6 is 0 Å². The maximum absolute atomic E-state index is 5.26. The number of aryl methyl sites for hydroxylation is 1. The van der Waals surface area contributed by atoms with E-state index in [1.165, 1.54) is 12.0 Å². The predicted octanol–water partition coefficient (Wildman–Crippen LogP) is 3.92. The molecule has 0 unspecified atom stereocenters. The van der Waals surface area contributed by atoms with E-state index in [-0.39, 0.29) is 0 Å². The maximum atomic E-state index is 5.26. The highest BCUT2D eigenvalue weighted by Gasteiger charge is 2.27. The number of pyridine rings is 1. The number of rotatable bonds is 5. The van der Waals surface area contributed by atoms with Gasteiger partial charge >= 0.3 is 0 Å². The van der Waals surface area contributed by atoms with Crippen LogP contribution in [-0.4, -0.2) is 33.1 Å². The predicted molar refractivity (Wildman–Crippen MR) is 101 cm³/mol. The highest BCUT2D eigenvalue weighted by molar-refractivity contribution is 5.29. The van der Waals surface area contributed by atoms with E-state index < -0.39 is 0 Å². The summed E-state index contributed by atoms with van der Waals surface area (Å²) in [5, 5.41) is 0. The van der Waals surface area contributed by atoms with E-state index in [1.54, 1.807) is 7.11 Å². The third kappa shape index (κ3) is 3.35. The fourth-order valence-corrected chi connectivity index (χ4v) is 3.70. The summed E-state index contributed by atoms with van der Waals surface area (Å²) in [5.41, 5.74) is 2.45. The van der Waals surface area contributed by atoms with Gasteiger partial charge in [-0.05, 0) is 56.1 Å². The number of imidazole rings is 1. The molecule has 1 atom stereocenters. The van der Waals surface area contributed by atoms with Gasteiger partial charge in [0.05, 0.1) is 18.8 Å². The molecule has 4 rings (SSSR count). The van der Waals surface area contributed by atoms with Crippen molar-refractivity contribution in [2.45, 2.75) is 32.4 Å². The molecule has 1 fully saturated rings. The molecule has 2 aromatic heterocycles. The van der Waals surface area contributed by atoms with Gasteiger partial charge in [-0.2, -0.15) is 0 Å². The first-order chi connectivity index (χ1) is 12.7. The lowest BCUT2D eigenvalue weighted by atomic mass is 10.1. The Balaban J connectivity index is 1.55. The summed E-state index contributed by atoms with van der Waals surface area (Å²) in [7, 11) is 1.70. The first-order valence-corrected chi connectivity index (χ1v) is 9.09. The molecule has 3 aromatic rings. The monoisotopic (exact) mass is 348 g/mol. The Morgan fingerprint density at radius 3 is 2.73 bits per heavy atom. The summed E-state index contributed by atoms with van der Waals surface area (Å²) in [5.74, 6) is 2.79. The number of aromatic nitrogens is 3. The Kier molecular flexibility index (Phi) is 4.71. The van der Waals surface area contributed by atoms with Gasteiger partial charge in [0.25, 0.3) is 0 Å². The van der Waals surface area contributed by atoms with Gasteiger partial charge in [-0.1, -0.05) is 18.2 Å². The normalized spacial score (nSPS) is 17.5. The summed E-state index contributed by atoms with van der Waals surface area (Å²) >= 11 is 0. The van der Waals surface area contributed by atoms with Crippen LogP contribution in [0.15, 0.2) is 54.9 Å². The van der Waals surface area contributed by atoms with Crippen LogP contribution in [0.25, 0.3) is 5.82 Å². The number of methoxy groups -OCH3 is 1. The van der Waals surface area contributed by atoms with E-state index in [4.69, 9.17) is 9.72 Å². The summed E-state index contributed by atoms with van der Waals surface area (Å²) in [6, 6.07) is 15.0. The van der Waals surface area contributed by atoms with Crippen molar-refractivity contribution in [1.82, 2.24) is 19.4 Å². The average Bonchev–Trinajstić information content (AvgIpc) is 3.31. The number of hydrogen-bond acceptors (Lipinski definition) is 4. The minimum atomic E-state index is 0.362. The van der Waals surface area contributed by atoms with E-state index in [9.17, 15) is 0 Å². The molecule has 0 bridgehead atoms. The van der Waals surface area contributed by atoms with E-state index in [1.807, 2.05) is 42.1 Å². The number of likely N-dealkylation sites (tertiary alicyclic amines) is 1. The van der Waals surface area contributed by atoms with Crippen LogP contribution in [-0.2, 0) is 6.54 Å². The molecule has 0 saturated carbocycles. The zero-order valence-electron chi connectivity index (χ0n) is 15.3. The minimum Gasteiger partial charge on any atom is -0.497 e. The van der Waals surface area contributed by atoms with Gasteiger partial charge < -0.3 is 4.74 Å². The molecule has 1 saturated heterocycles. The lowest BCUT2D eigenvalue weighted by Crippen LogP contribution is -2.23. The highest BCUT2D eigenvalue weighted by atomic mass is 16.5. The molecule has 134 valence electrons. The Labute approximate surface area is 154 Å². The summed E-state index contributed by atoms with van der Waals surface area (Å²) < 4.78 is 7.29. The fraction of sp³-hybridized carbons (Fsp3) is 0.333. The number of ether oxygens (including phenoxy) is 1. The van der Waals surface area contributed by atoms with Crippen LogP contribution in [0.2, 0.25) is 0 Å². The van der Waals surface area contributed by atoms with Crippen molar-refractivity contribution in [1.29, 1.82) is 0 Å². The van der Waals surface area contributed by atoms with Crippen LogP contribution in [0.1, 0.15) is 36.0 Å². The minimum absolute atomic E-state index is 0.362. The summed E-state index contributed by atoms with van der Waals surface area (Å²) in [6.07, 6.45) is 6.13. The van der Waals surface area contributed by atoms with Crippen LogP contribution < -0.4 is 4.74 Å². The lowest BCUT2D eigenvalue weighted by Gasteiger charge is -2.24. The maximum Gasteiger partial charge on any atom is 0.138 e. The van der Waals surface area contributed by atoms with Gasteiger partial charge in [0.1, 0.15) is 17.4 Å². The molecular weight excluding hydrogens is 324 g/mol. The molecule has 0 spiro atoms. The molecule has 5 nitrogen and oxygen atoms in total. The quantitative estimate of drug-likeness (QED) is 0.701. The van der Waals surface area contributed by atoms with Gasteiger partial charge in [0.2, 0.25) is 0 Å². The zero-order chi connectivity index (χ0) is 17.9. The number of benzene rings is 1. The van der Waals surface area contributed by atoms with Crippen molar-refractivity contribution in [3.8, 4) is 11.6 Å². The first kappa shape index (κ1) is 16.8. The largest absolute Gasteiger partial charge is 0.497 e. The molecule has 0 radical (unpaired) electrons. The van der Waals surface area contributed by atoms with Crippen molar-refractivity contribution in [3.63, 3.8) is 0 Å². The number of nitrogens with zero attached hydrogens (tertiary/aromatic N) is 4. The standard InChI is InChI=1S/C21H24N4O/c1-16-22-12-14-25(16)21-7-3-5-19(23-21)20-6-4-13-24(20)15-17-8-10-18(26-2)11-9-17/h3,5,7-12,14,20H,4,6,13,15H2,1-2H3/t20-/m1/s1. The van der Waals surface area contributed by atoms with Crippen molar-refractivity contribution in [2.75, 3.05) is 13.7 Å². The van der Waals surface area contributed by atoms with E-state index >= 15 is 0 Å². The summed E-state index contributed by atoms with van der Waals surface area (Å²) in [6.45, 7) is 4.04. The second-order valence-electron chi connectivity index (χ2n) is 6.74. The van der Waals surface area contributed by atoms with Crippen molar-refractivity contribution >= 4 is 0 Å². The van der Waals surface area contributed by atoms with Crippen LogP contribution in [0.4, 0.5) is 0 Å². The molecule has 1 aliphatic heterocycles. The molecule has 5 heteroatoms. The van der Waals surface area contributed by atoms with Gasteiger partial charge in [-0.25, -0.2) is 9.97 Å². The molecule has 1 aromatic carbocycles. The molecule has 0 N–H and O–H groups in total. The zero-order valence-corrected chi connectivity index (χ0v) is 15.3. The fourth-order valence-electron chi connectivity index (χ4n) is 3.70. The van der Waals surface area contributed by atoms with Crippen molar-refractivity contribution in [3.05, 3.63) is 71.9 Å². The molecule has 0 amide bonds. The topological polar surface area (TPSA) is 43.2 Å². The van der Waals surface area contributed by atoms with E-state index in [0.717, 1.165) is 42.6 Å². The van der Waals surface area contributed by atoms with E-state index in [0.29, 0.717) is 6.04 Å². The molecule has 3 heterocycles. The number of hydrogen-bond donors (Lipinski definition) is 0. The molecule has 1 aliphatic rings. The summed E-state index contributed by atoms with van der Waals surface area (Å²) in [4.78, 5) is 11.8. The van der Waals surface area contributed by atoms with E-state index in [2.05, 4.69) is 34.1 Å². The molecular formula is C21H24N4O. The third-order valence-corrected chi connectivity index (χ3v) is 5.08. The van der Waals surface area contributed by atoms with Crippen LogP contribution in [0, 0.1) is 6.92 Å². The second kappa shape index (κ2) is 7.30. The smallest absolute Gasteiger partial charge is 0.138 e. The SMILES string of the molecule is COc1ccc(CN2CCC[C@@H]2c2cccc(-n3ccnc3C)n2)cc1. The Bertz CT molecular complexity index is 872. The Morgan fingerprint density at radius 1 is 1.15 bits per heavy atom. The molecule has 0 aliphatic carbocycles. The average molecular weight is 348 g/mol.